The van der Waals surface area contributed by atoms with E-state index in [1.165, 1.54) is 11.1 Å². The predicted octanol–water partition coefficient (Wildman–Crippen LogP) is 5.48. The van der Waals surface area contributed by atoms with Gasteiger partial charge in [0.25, 0.3) is 0 Å². The van der Waals surface area contributed by atoms with Gasteiger partial charge in [-0.15, -0.1) is 0 Å². The molecule has 0 N–H and O–H groups in total. The monoisotopic (exact) mass is 302 g/mol. The van der Waals surface area contributed by atoms with Gasteiger partial charge in [-0.3, -0.25) is 0 Å². The van der Waals surface area contributed by atoms with Crippen LogP contribution < -0.4 is 0 Å². The fourth-order valence-corrected chi connectivity index (χ4v) is 1.66. The Morgan fingerprint density at radius 1 is 0.750 bits per heavy atom. The van der Waals surface area contributed by atoms with Crippen LogP contribution in [0, 0.1) is 6.07 Å². The van der Waals surface area contributed by atoms with Crippen LogP contribution in [0.5, 0.6) is 0 Å². The zero-order valence-electron chi connectivity index (χ0n) is 13.6. The molecule has 0 atom stereocenters. The van der Waals surface area contributed by atoms with Crippen molar-refractivity contribution in [2.45, 2.75) is 52.4 Å². The van der Waals surface area contributed by atoms with Gasteiger partial charge in [-0.2, -0.15) is 53.6 Å². The van der Waals surface area contributed by atoms with Crippen molar-refractivity contribution in [1.82, 2.24) is 0 Å². The number of hydrogen-bond acceptors (Lipinski definition) is 0. The maximum Gasteiger partial charge on any atom is 2.00 e. The summed E-state index contributed by atoms with van der Waals surface area (Å²) in [6, 6.07) is 20.0. The van der Waals surface area contributed by atoms with E-state index in [2.05, 4.69) is 65.8 Å². The van der Waals surface area contributed by atoms with E-state index in [-0.39, 0.29) is 32.5 Å². The second kappa shape index (κ2) is 7.91. The fraction of sp³-hybridized carbons (Fsp3) is 0.421. The standard InChI is InChI=1S/C14H21.C5H5.Ti/c1-13(2,3)11-8-7-9-12(10-11)14(4,5)6;1-2-4-5-3-1;/h7-9H,1-6H3;1-5H;/q2*-1;+2. The molecule has 1 heteroatoms. The predicted molar refractivity (Wildman–Crippen MR) is 84.7 cm³/mol. The molecule has 2 aromatic carbocycles. The quantitative estimate of drug-likeness (QED) is 0.446. The van der Waals surface area contributed by atoms with Crippen molar-refractivity contribution in [3.63, 3.8) is 0 Å². The molecular formula is C19H26Ti. The molecule has 2 aromatic rings. The average Bonchev–Trinajstić information content (AvgIpc) is 2.85. The van der Waals surface area contributed by atoms with Gasteiger partial charge < -0.3 is 0 Å². The van der Waals surface area contributed by atoms with Crippen LogP contribution in [0.2, 0.25) is 0 Å². The SMILES string of the molecule is CC(C)(C)c1[c-]c(C(C)(C)C)ccc1.[Ti+2].c1cc[cH-]c1. The van der Waals surface area contributed by atoms with Gasteiger partial charge in [-0.05, 0) is 10.8 Å². The second-order valence-corrected chi connectivity index (χ2v) is 6.94. The molecule has 0 radical (unpaired) electrons. The van der Waals surface area contributed by atoms with Gasteiger partial charge in [0, 0.05) is 0 Å². The molecular weight excluding hydrogens is 276 g/mol. The Labute approximate surface area is 139 Å². The molecule has 0 fully saturated rings. The first-order chi connectivity index (χ1) is 8.71. The van der Waals surface area contributed by atoms with E-state index in [4.69, 9.17) is 0 Å². The van der Waals surface area contributed by atoms with Crippen molar-refractivity contribution < 1.29 is 21.7 Å². The summed E-state index contributed by atoms with van der Waals surface area (Å²) in [7, 11) is 0. The summed E-state index contributed by atoms with van der Waals surface area (Å²) >= 11 is 0. The minimum Gasteiger partial charge on any atom is -0.214 e. The van der Waals surface area contributed by atoms with Gasteiger partial charge in [0.1, 0.15) is 0 Å². The normalized spacial score (nSPS) is 11.1. The van der Waals surface area contributed by atoms with Crippen LogP contribution in [0.25, 0.3) is 0 Å². The molecule has 0 aliphatic carbocycles. The van der Waals surface area contributed by atoms with Crippen molar-refractivity contribution in [1.29, 1.82) is 0 Å². The first-order valence-corrected chi connectivity index (χ1v) is 6.91. The third kappa shape index (κ3) is 6.63. The largest absolute Gasteiger partial charge is 2.00 e. The van der Waals surface area contributed by atoms with Crippen LogP contribution in [-0.2, 0) is 32.5 Å². The average molecular weight is 302 g/mol. The van der Waals surface area contributed by atoms with Gasteiger partial charge in [-0.1, -0.05) is 41.5 Å². The van der Waals surface area contributed by atoms with Crippen LogP contribution in [0.4, 0.5) is 0 Å². The Morgan fingerprint density at radius 2 is 1.15 bits per heavy atom. The first kappa shape index (κ1) is 19.3. The molecule has 0 saturated carbocycles. The summed E-state index contributed by atoms with van der Waals surface area (Å²) in [5.74, 6) is 0. The van der Waals surface area contributed by atoms with Crippen LogP contribution in [-0.4, -0.2) is 0 Å². The Morgan fingerprint density at radius 3 is 1.40 bits per heavy atom. The van der Waals surface area contributed by atoms with E-state index in [9.17, 15) is 0 Å². The molecule has 0 bridgehead atoms. The topological polar surface area (TPSA) is 0 Å². The molecule has 0 spiro atoms. The van der Waals surface area contributed by atoms with Gasteiger partial charge in [0.2, 0.25) is 0 Å². The summed E-state index contributed by atoms with van der Waals surface area (Å²) in [4.78, 5) is 0. The molecule has 0 aliphatic heterocycles. The van der Waals surface area contributed by atoms with Crippen molar-refractivity contribution in [2.24, 2.45) is 0 Å². The molecule has 0 heterocycles. The molecule has 20 heavy (non-hydrogen) atoms. The number of rotatable bonds is 0. The molecule has 0 unspecified atom stereocenters. The Bertz CT molecular complexity index is 421. The molecule has 2 rings (SSSR count). The fourth-order valence-electron chi connectivity index (χ4n) is 1.66. The van der Waals surface area contributed by atoms with E-state index >= 15 is 0 Å². The van der Waals surface area contributed by atoms with Crippen LogP contribution >= 0.6 is 0 Å². The van der Waals surface area contributed by atoms with E-state index in [0.717, 1.165) is 0 Å². The third-order valence-electron chi connectivity index (χ3n) is 2.97. The van der Waals surface area contributed by atoms with E-state index in [1.807, 2.05) is 30.3 Å². The van der Waals surface area contributed by atoms with Gasteiger partial charge in [0.15, 0.2) is 0 Å². The molecule has 0 amide bonds. The van der Waals surface area contributed by atoms with Gasteiger partial charge in [-0.25, -0.2) is 12.1 Å². The van der Waals surface area contributed by atoms with E-state index < -0.39 is 0 Å². The Hall–Kier alpha value is -0.716. The summed E-state index contributed by atoms with van der Waals surface area (Å²) < 4.78 is 0. The number of benzene rings is 1. The van der Waals surface area contributed by atoms with Crippen molar-refractivity contribution in [2.75, 3.05) is 0 Å². The maximum atomic E-state index is 3.52. The molecule has 0 aromatic heterocycles. The van der Waals surface area contributed by atoms with Crippen LogP contribution in [0.15, 0.2) is 48.5 Å². The summed E-state index contributed by atoms with van der Waals surface area (Å²) in [5, 5.41) is 0. The Kier molecular flexibility index (Phi) is 7.62. The molecule has 0 aliphatic rings. The maximum absolute atomic E-state index is 3.52. The second-order valence-electron chi connectivity index (χ2n) is 6.94. The van der Waals surface area contributed by atoms with Crippen molar-refractivity contribution in [3.05, 3.63) is 65.7 Å². The van der Waals surface area contributed by atoms with Crippen molar-refractivity contribution >= 4 is 0 Å². The smallest absolute Gasteiger partial charge is 0.214 e. The third-order valence-corrected chi connectivity index (χ3v) is 2.97. The summed E-state index contributed by atoms with van der Waals surface area (Å²) in [5.41, 5.74) is 2.98. The van der Waals surface area contributed by atoms with E-state index in [1.54, 1.807) is 0 Å². The van der Waals surface area contributed by atoms with Gasteiger partial charge >= 0.3 is 21.7 Å². The minimum absolute atomic E-state index is 0. The minimum atomic E-state index is 0. The van der Waals surface area contributed by atoms with Crippen LogP contribution in [0.3, 0.4) is 0 Å². The van der Waals surface area contributed by atoms with E-state index in [0.29, 0.717) is 0 Å². The first-order valence-electron chi connectivity index (χ1n) is 6.91. The van der Waals surface area contributed by atoms with Gasteiger partial charge in [0.05, 0.1) is 0 Å². The summed E-state index contributed by atoms with van der Waals surface area (Å²) in [6.07, 6.45) is 0. The molecule has 0 nitrogen and oxygen atoms in total. The summed E-state index contributed by atoms with van der Waals surface area (Å²) in [6.45, 7) is 13.4. The van der Waals surface area contributed by atoms with Crippen LogP contribution in [0.1, 0.15) is 52.7 Å². The zero-order valence-corrected chi connectivity index (χ0v) is 15.2. The van der Waals surface area contributed by atoms with Crippen molar-refractivity contribution in [3.8, 4) is 0 Å². The molecule has 0 saturated heterocycles. The molecule has 106 valence electrons. The number of hydrogen-bond donors (Lipinski definition) is 0. The zero-order chi connectivity index (χ0) is 14.5. The Balaban J connectivity index is 0.000000507.